The molecule has 0 saturated heterocycles. The molecule has 0 fully saturated rings. The van der Waals surface area contributed by atoms with Crippen molar-refractivity contribution in [2.45, 2.75) is 6.43 Å². The molecule has 6 heteroatoms. The fourth-order valence-electron chi connectivity index (χ4n) is 0.779. The van der Waals surface area contributed by atoms with E-state index in [1.54, 1.807) is 0 Å². The van der Waals surface area contributed by atoms with Gasteiger partial charge in [0, 0.05) is 6.20 Å². The molecule has 13 heavy (non-hydrogen) atoms. The first-order valence-electron chi connectivity index (χ1n) is 3.10. The molecular formula is C7H2BrF3N2. The van der Waals surface area contributed by atoms with Crippen LogP contribution in [-0.4, -0.2) is 4.98 Å². The summed E-state index contributed by atoms with van der Waals surface area (Å²) in [4.78, 5) is 3.12. The minimum Gasteiger partial charge on any atom is -0.226 e. The maximum atomic E-state index is 12.7. The van der Waals surface area contributed by atoms with Gasteiger partial charge in [0.15, 0.2) is 0 Å². The summed E-state index contributed by atoms with van der Waals surface area (Å²) in [5, 5.41) is 8.42. The second-order valence-electron chi connectivity index (χ2n) is 2.10. The van der Waals surface area contributed by atoms with Gasteiger partial charge < -0.3 is 0 Å². The zero-order valence-electron chi connectivity index (χ0n) is 6.06. The SMILES string of the molecule is N#Cc1cnc(F)c(Br)c1C(F)F. The van der Waals surface area contributed by atoms with E-state index < -0.39 is 22.4 Å². The molecule has 0 bridgehead atoms. The molecule has 1 aromatic heterocycles. The van der Waals surface area contributed by atoms with Gasteiger partial charge in [-0.3, -0.25) is 0 Å². The van der Waals surface area contributed by atoms with Crippen molar-refractivity contribution in [2.24, 2.45) is 0 Å². The van der Waals surface area contributed by atoms with E-state index in [4.69, 9.17) is 5.26 Å². The van der Waals surface area contributed by atoms with Crippen LogP contribution < -0.4 is 0 Å². The Bertz CT molecular complexity index is 373. The molecule has 68 valence electrons. The van der Waals surface area contributed by atoms with Gasteiger partial charge in [0.05, 0.1) is 15.6 Å². The molecule has 1 rings (SSSR count). The lowest BCUT2D eigenvalue weighted by Crippen LogP contribution is -1.97. The predicted molar refractivity (Wildman–Crippen MR) is 41.6 cm³/mol. The molecule has 0 saturated carbocycles. The van der Waals surface area contributed by atoms with Crippen LogP contribution in [0.1, 0.15) is 17.6 Å². The van der Waals surface area contributed by atoms with Crippen molar-refractivity contribution < 1.29 is 13.2 Å². The number of nitriles is 1. The van der Waals surface area contributed by atoms with Gasteiger partial charge in [0.1, 0.15) is 6.07 Å². The van der Waals surface area contributed by atoms with E-state index in [2.05, 4.69) is 20.9 Å². The Morgan fingerprint density at radius 3 is 2.62 bits per heavy atom. The molecule has 1 aromatic rings. The highest BCUT2D eigenvalue weighted by atomic mass is 79.9. The number of halogens is 4. The third kappa shape index (κ3) is 1.80. The molecule has 0 aliphatic carbocycles. The van der Waals surface area contributed by atoms with Crippen molar-refractivity contribution in [3.8, 4) is 6.07 Å². The summed E-state index contributed by atoms with van der Waals surface area (Å²) in [5.41, 5.74) is -0.988. The van der Waals surface area contributed by atoms with Gasteiger partial charge >= 0.3 is 0 Å². The van der Waals surface area contributed by atoms with Crippen molar-refractivity contribution in [3.05, 3.63) is 27.7 Å². The number of pyridine rings is 1. The second kappa shape index (κ2) is 3.75. The predicted octanol–water partition coefficient (Wildman–Crippen LogP) is 2.79. The second-order valence-corrected chi connectivity index (χ2v) is 2.90. The van der Waals surface area contributed by atoms with Crippen molar-refractivity contribution in [3.63, 3.8) is 0 Å². The Kier molecular flexibility index (Phi) is 2.88. The Balaban J connectivity index is 3.43. The third-order valence-electron chi connectivity index (χ3n) is 1.35. The molecule has 0 radical (unpaired) electrons. The smallest absolute Gasteiger partial charge is 0.226 e. The van der Waals surface area contributed by atoms with E-state index in [0.29, 0.717) is 0 Å². The average molecular weight is 251 g/mol. The first kappa shape index (κ1) is 9.99. The minimum absolute atomic E-state index is 0.330. The highest BCUT2D eigenvalue weighted by Gasteiger charge is 2.20. The standard InChI is InChI=1S/C7H2BrF3N2/c8-5-4(6(9)10)3(1-12)2-13-7(5)11/h2,6H. The van der Waals surface area contributed by atoms with E-state index in [9.17, 15) is 13.2 Å². The highest BCUT2D eigenvalue weighted by Crippen LogP contribution is 2.30. The quantitative estimate of drug-likeness (QED) is 0.719. The Morgan fingerprint density at radius 1 is 1.54 bits per heavy atom. The maximum Gasteiger partial charge on any atom is 0.266 e. The van der Waals surface area contributed by atoms with E-state index in [-0.39, 0.29) is 5.56 Å². The monoisotopic (exact) mass is 250 g/mol. The summed E-state index contributed by atoms with van der Waals surface area (Å²) in [5.74, 6) is -1.05. The molecule has 0 aliphatic rings. The van der Waals surface area contributed by atoms with Crippen molar-refractivity contribution in [2.75, 3.05) is 0 Å². The van der Waals surface area contributed by atoms with E-state index in [1.807, 2.05) is 0 Å². The zero-order chi connectivity index (χ0) is 10.0. The van der Waals surface area contributed by atoms with Gasteiger partial charge in [0.2, 0.25) is 5.95 Å². The molecule has 0 spiro atoms. The minimum atomic E-state index is -2.90. The van der Waals surface area contributed by atoms with Crippen molar-refractivity contribution in [1.82, 2.24) is 4.98 Å². The van der Waals surface area contributed by atoms with Crippen LogP contribution in [0.3, 0.4) is 0 Å². The van der Waals surface area contributed by atoms with Gasteiger partial charge in [-0.15, -0.1) is 0 Å². The van der Waals surface area contributed by atoms with Gasteiger partial charge in [-0.1, -0.05) is 0 Å². The summed E-state index contributed by atoms with van der Waals surface area (Å²) in [6.45, 7) is 0. The molecule has 0 atom stereocenters. The first-order valence-corrected chi connectivity index (χ1v) is 3.89. The first-order chi connectivity index (χ1) is 6.07. The van der Waals surface area contributed by atoms with E-state index in [0.717, 1.165) is 6.20 Å². The number of rotatable bonds is 1. The van der Waals surface area contributed by atoms with Crippen LogP contribution in [0.2, 0.25) is 0 Å². The lowest BCUT2D eigenvalue weighted by atomic mass is 10.1. The fourth-order valence-corrected chi connectivity index (χ4v) is 1.27. The molecule has 0 unspecified atom stereocenters. The fraction of sp³-hybridized carbons (Fsp3) is 0.143. The molecule has 0 N–H and O–H groups in total. The average Bonchev–Trinajstić information content (AvgIpc) is 2.08. The number of hydrogen-bond acceptors (Lipinski definition) is 2. The molecule has 0 amide bonds. The van der Waals surface area contributed by atoms with Crippen molar-refractivity contribution in [1.29, 1.82) is 5.26 Å². The van der Waals surface area contributed by atoms with Crippen LogP contribution in [0.4, 0.5) is 13.2 Å². The van der Waals surface area contributed by atoms with Crippen LogP contribution in [-0.2, 0) is 0 Å². The van der Waals surface area contributed by atoms with Crippen LogP contribution in [0.15, 0.2) is 10.7 Å². The van der Waals surface area contributed by atoms with Crippen LogP contribution in [0, 0.1) is 17.3 Å². The number of hydrogen-bond donors (Lipinski definition) is 0. The van der Waals surface area contributed by atoms with Crippen LogP contribution in [0.5, 0.6) is 0 Å². The van der Waals surface area contributed by atoms with Crippen molar-refractivity contribution >= 4 is 15.9 Å². The van der Waals surface area contributed by atoms with Crippen LogP contribution >= 0.6 is 15.9 Å². The Morgan fingerprint density at radius 2 is 2.15 bits per heavy atom. The number of aromatic nitrogens is 1. The zero-order valence-corrected chi connectivity index (χ0v) is 7.65. The normalized spacial score (nSPS) is 10.2. The molecular weight excluding hydrogens is 249 g/mol. The third-order valence-corrected chi connectivity index (χ3v) is 2.11. The summed E-state index contributed by atoms with van der Waals surface area (Å²) >= 11 is 2.60. The van der Waals surface area contributed by atoms with Crippen LogP contribution in [0.25, 0.3) is 0 Å². The summed E-state index contributed by atoms with van der Waals surface area (Å²) < 4.78 is 36.8. The van der Waals surface area contributed by atoms with Gasteiger partial charge in [-0.05, 0) is 15.9 Å². The Labute approximate surface area is 80.1 Å². The Hall–Kier alpha value is -1.09. The van der Waals surface area contributed by atoms with Gasteiger partial charge in [-0.2, -0.15) is 9.65 Å². The lowest BCUT2D eigenvalue weighted by molar-refractivity contribution is 0.149. The number of alkyl halides is 2. The molecule has 0 aliphatic heterocycles. The molecule has 2 nitrogen and oxygen atoms in total. The van der Waals surface area contributed by atoms with E-state index >= 15 is 0 Å². The summed E-state index contributed by atoms with van der Waals surface area (Å²) in [6, 6.07) is 1.51. The van der Waals surface area contributed by atoms with Gasteiger partial charge in [0.25, 0.3) is 6.43 Å². The van der Waals surface area contributed by atoms with E-state index in [1.165, 1.54) is 6.07 Å². The lowest BCUT2D eigenvalue weighted by Gasteiger charge is -2.04. The topological polar surface area (TPSA) is 36.7 Å². The van der Waals surface area contributed by atoms with Gasteiger partial charge in [-0.25, -0.2) is 13.8 Å². The maximum absolute atomic E-state index is 12.7. The molecule has 1 heterocycles. The molecule has 0 aromatic carbocycles. The highest BCUT2D eigenvalue weighted by molar-refractivity contribution is 9.10. The number of nitrogens with zero attached hydrogens (tertiary/aromatic N) is 2. The summed E-state index contributed by atoms with van der Waals surface area (Å²) in [7, 11) is 0. The largest absolute Gasteiger partial charge is 0.266 e. The summed E-state index contributed by atoms with van der Waals surface area (Å²) in [6.07, 6.45) is -2.12.